The molecule has 1 atom stereocenters. The molecule has 0 saturated heterocycles. The lowest BCUT2D eigenvalue weighted by Crippen LogP contribution is -2.01. The number of aliphatic hydroxyl groups excluding tert-OH is 1. The first kappa shape index (κ1) is 12.6. The van der Waals surface area contributed by atoms with Crippen LogP contribution in [0.5, 0.6) is 0 Å². The average molecular weight is 254 g/mol. The first-order valence-corrected chi connectivity index (χ1v) is 5.51. The summed E-state index contributed by atoms with van der Waals surface area (Å²) in [6, 6.07) is 3.04. The third-order valence-corrected chi connectivity index (χ3v) is 2.36. The molecule has 2 rings (SSSR count). The summed E-state index contributed by atoms with van der Waals surface area (Å²) in [7, 11) is 0. The monoisotopic (exact) mass is 254 g/mol. The lowest BCUT2D eigenvalue weighted by molar-refractivity contribution is 0.180. The molecule has 0 amide bonds. The van der Waals surface area contributed by atoms with Crippen molar-refractivity contribution in [3.8, 4) is 11.4 Å². The van der Waals surface area contributed by atoms with Crippen LogP contribution in [0.2, 0.25) is 0 Å². The van der Waals surface area contributed by atoms with Crippen LogP contribution in [0, 0.1) is 11.6 Å². The minimum atomic E-state index is -0.694. The van der Waals surface area contributed by atoms with E-state index in [9.17, 15) is 8.78 Å². The maximum atomic E-state index is 13.0. The molecule has 1 aromatic carbocycles. The Balaban J connectivity index is 2.18. The molecule has 1 N–H and O–H groups in total. The first-order chi connectivity index (χ1) is 8.54. The maximum absolute atomic E-state index is 13.0. The van der Waals surface area contributed by atoms with Crippen LogP contribution in [0.1, 0.15) is 19.2 Å². The van der Waals surface area contributed by atoms with Crippen molar-refractivity contribution in [3.63, 3.8) is 0 Å². The highest BCUT2D eigenvalue weighted by Gasteiger charge is 2.11. The molecule has 4 nitrogen and oxygen atoms in total. The first-order valence-electron chi connectivity index (χ1n) is 5.51. The fourth-order valence-corrected chi connectivity index (χ4v) is 1.49. The number of aliphatic hydroxyl groups is 1. The molecule has 0 aliphatic heterocycles. The van der Waals surface area contributed by atoms with Crippen LogP contribution < -0.4 is 0 Å². The van der Waals surface area contributed by atoms with Crippen LogP contribution in [-0.4, -0.2) is 21.4 Å². The molecule has 0 bridgehead atoms. The molecule has 0 fully saturated rings. The number of hydrogen-bond acceptors (Lipinski definition) is 4. The number of hydrogen-bond donors (Lipinski definition) is 1. The molecule has 0 radical (unpaired) electrons. The molecule has 0 spiro atoms. The summed E-state index contributed by atoms with van der Waals surface area (Å²) in [6.45, 7) is 1.65. The van der Waals surface area contributed by atoms with Crippen molar-refractivity contribution < 1.29 is 18.4 Å². The van der Waals surface area contributed by atoms with E-state index in [4.69, 9.17) is 9.63 Å². The van der Waals surface area contributed by atoms with Gasteiger partial charge in [0.25, 0.3) is 0 Å². The normalized spacial score (nSPS) is 12.7. The summed E-state index contributed by atoms with van der Waals surface area (Å²) < 4.78 is 31.0. The SMILES string of the molecule is CC(O)CCc1nc(-c2cc(F)cc(F)c2)no1. The zero-order chi connectivity index (χ0) is 13.1. The Morgan fingerprint density at radius 3 is 2.56 bits per heavy atom. The number of benzene rings is 1. The maximum Gasteiger partial charge on any atom is 0.227 e. The van der Waals surface area contributed by atoms with Crippen molar-refractivity contribution in [2.45, 2.75) is 25.9 Å². The Kier molecular flexibility index (Phi) is 3.66. The van der Waals surface area contributed by atoms with E-state index in [0.717, 1.165) is 18.2 Å². The Morgan fingerprint density at radius 1 is 1.28 bits per heavy atom. The lowest BCUT2D eigenvalue weighted by Gasteiger charge is -1.98. The van der Waals surface area contributed by atoms with Gasteiger partial charge in [0.1, 0.15) is 11.6 Å². The van der Waals surface area contributed by atoms with E-state index in [-0.39, 0.29) is 11.4 Å². The minimum Gasteiger partial charge on any atom is -0.393 e. The molecule has 0 aliphatic rings. The largest absolute Gasteiger partial charge is 0.393 e. The highest BCUT2D eigenvalue weighted by atomic mass is 19.1. The molecule has 6 heteroatoms. The van der Waals surface area contributed by atoms with Crippen molar-refractivity contribution >= 4 is 0 Å². The van der Waals surface area contributed by atoms with Gasteiger partial charge in [0.05, 0.1) is 6.10 Å². The van der Waals surface area contributed by atoms with E-state index < -0.39 is 17.7 Å². The quantitative estimate of drug-likeness (QED) is 0.909. The Bertz CT molecular complexity index is 520. The molecule has 1 unspecified atom stereocenters. The van der Waals surface area contributed by atoms with Crippen molar-refractivity contribution in [1.29, 1.82) is 0 Å². The number of nitrogens with zero attached hydrogens (tertiary/aromatic N) is 2. The van der Waals surface area contributed by atoms with Gasteiger partial charge in [0.15, 0.2) is 0 Å². The predicted molar refractivity (Wildman–Crippen MR) is 59.7 cm³/mol. The van der Waals surface area contributed by atoms with Crippen LogP contribution in [0.3, 0.4) is 0 Å². The summed E-state index contributed by atoms with van der Waals surface area (Å²) in [4.78, 5) is 4.01. The van der Waals surface area contributed by atoms with Gasteiger partial charge < -0.3 is 9.63 Å². The molecular formula is C12H12F2N2O2. The van der Waals surface area contributed by atoms with Gasteiger partial charge >= 0.3 is 0 Å². The zero-order valence-electron chi connectivity index (χ0n) is 9.73. The topological polar surface area (TPSA) is 59.2 Å². The van der Waals surface area contributed by atoms with E-state index >= 15 is 0 Å². The number of halogens is 2. The van der Waals surface area contributed by atoms with E-state index in [1.54, 1.807) is 6.92 Å². The minimum absolute atomic E-state index is 0.133. The van der Waals surface area contributed by atoms with E-state index in [2.05, 4.69) is 10.1 Å². The summed E-state index contributed by atoms with van der Waals surface area (Å²) in [5, 5.41) is 12.8. The van der Waals surface area contributed by atoms with Crippen LogP contribution in [0.4, 0.5) is 8.78 Å². The van der Waals surface area contributed by atoms with Gasteiger partial charge in [-0.15, -0.1) is 0 Å². The number of rotatable bonds is 4. The third-order valence-electron chi connectivity index (χ3n) is 2.36. The van der Waals surface area contributed by atoms with Gasteiger partial charge in [-0.2, -0.15) is 4.98 Å². The number of aryl methyl sites for hydroxylation is 1. The third kappa shape index (κ3) is 3.10. The predicted octanol–water partition coefficient (Wildman–Crippen LogP) is 2.33. The zero-order valence-corrected chi connectivity index (χ0v) is 9.73. The van der Waals surface area contributed by atoms with Gasteiger partial charge in [-0.25, -0.2) is 8.78 Å². The van der Waals surface area contributed by atoms with E-state index in [1.165, 1.54) is 0 Å². The van der Waals surface area contributed by atoms with Gasteiger partial charge in [-0.1, -0.05) is 5.16 Å². The molecule has 0 saturated carbocycles. The lowest BCUT2D eigenvalue weighted by atomic mass is 10.2. The van der Waals surface area contributed by atoms with Gasteiger partial charge in [0, 0.05) is 18.1 Å². The standard InChI is InChI=1S/C12H12F2N2O2/c1-7(17)2-3-11-15-12(16-18-11)8-4-9(13)6-10(14)5-8/h4-7,17H,2-3H2,1H3. The van der Waals surface area contributed by atoms with Gasteiger partial charge in [0.2, 0.25) is 11.7 Å². The molecular weight excluding hydrogens is 242 g/mol. The second kappa shape index (κ2) is 5.22. The molecule has 18 heavy (non-hydrogen) atoms. The number of aromatic nitrogens is 2. The second-order valence-corrected chi connectivity index (χ2v) is 4.06. The molecule has 0 aliphatic carbocycles. The average Bonchev–Trinajstić information content (AvgIpc) is 2.73. The highest BCUT2D eigenvalue weighted by Crippen LogP contribution is 2.19. The fourth-order valence-electron chi connectivity index (χ4n) is 1.49. The molecule has 1 aromatic heterocycles. The van der Waals surface area contributed by atoms with Crippen molar-refractivity contribution in [2.24, 2.45) is 0 Å². The molecule has 2 aromatic rings. The highest BCUT2D eigenvalue weighted by molar-refractivity contribution is 5.54. The van der Waals surface area contributed by atoms with Crippen molar-refractivity contribution in [2.75, 3.05) is 0 Å². The summed E-state index contributed by atoms with van der Waals surface area (Å²) >= 11 is 0. The summed E-state index contributed by atoms with van der Waals surface area (Å²) in [6.07, 6.45) is 0.439. The fraction of sp³-hybridized carbons (Fsp3) is 0.333. The van der Waals surface area contributed by atoms with Crippen LogP contribution >= 0.6 is 0 Å². The smallest absolute Gasteiger partial charge is 0.227 e. The van der Waals surface area contributed by atoms with Gasteiger partial charge in [-0.3, -0.25) is 0 Å². The Morgan fingerprint density at radius 2 is 1.94 bits per heavy atom. The van der Waals surface area contributed by atoms with Crippen LogP contribution in [0.15, 0.2) is 22.7 Å². The Labute approximate surface area is 102 Å². The second-order valence-electron chi connectivity index (χ2n) is 4.06. The van der Waals surface area contributed by atoms with Crippen LogP contribution in [-0.2, 0) is 6.42 Å². The van der Waals surface area contributed by atoms with E-state index in [0.29, 0.717) is 18.7 Å². The van der Waals surface area contributed by atoms with Gasteiger partial charge in [-0.05, 0) is 25.5 Å². The van der Waals surface area contributed by atoms with Crippen molar-refractivity contribution in [3.05, 3.63) is 35.7 Å². The van der Waals surface area contributed by atoms with E-state index in [1.807, 2.05) is 0 Å². The summed E-state index contributed by atoms with van der Waals surface area (Å²) in [5.74, 6) is -0.926. The molecule has 1 heterocycles. The molecule has 96 valence electrons. The van der Waals surface area contributed by atoms with Crippen LogP contribution in [0.25, 0.3) is 11.4 Å². The van der Waals surface area contributed by atoms with Crippen molar-refractivity contribution in [1.82, 2.24) is 10.1 Å². The Hall–Kier alpha value is -1.82. The summed E-state index contributed by atoms with van der Waals surface area (Å²) in [5.41, 5.74) is 0.222.